The van der Waals surface area contributed by atoms with Gasteiger partial charge < -0.3 is 21.1 Å². The fraction of sp³-hybridized carbons (Fsp3) is 0.667. The van der Waals surface area contributed by atoms with Crippen molar-refractivity contribution in [3.8, 4) is 0 Å². The van der Waals surface area contributed by atoms with E-state index < -0.39 is 5.91 Å². The molecule has 6 heteroatoms. The molecule has 0 radical (unpaired) electrons. The molecule has 2 atom stereocenters. The molecule has 1 amide bonds. The van der Waals surface area contributed by atoms with Crippen molar-refractivity contribution >= 4 is 17.5 Å². The molecule has 2 saturated carbocycles. The van der Waals surface area contributed by atoms with Crippen LogP contribution in [0.4, 0.5) is 11.6 Å². The zero-order chi connectivity index (χ0) is 17.1. The van der Waals surface area contributed by atoms with Gasteiger partial charge in [-0.15, -0.1) is 0 Å². The summed E-state index contributed by atoms with van der Waals surface area (Å²) in [5, 5.41) is 6.89. The van der Waals surface area contributed by atoms with Crippen LogP contribution in [-0.4, -0.2) is 36.2 Å². The summed E-state index contributed by atoms with van der Waals surface area (Å²) >= 11 is 0. The Kier molecular flexibility index (Phi) is 5.23. The van der Waals surface area contributed by atoms with Crippen LogP contribution >= 0.6 is 0 Å². The second kappa shape index (κ2) is 7.38. The normalized spacial score (nSPS) is 29.6. The number of hydrogen-bond donors (Lipinski definition) is 3. The maximum Gasteiger partial charge on any atom is 0.252 e. The van der Waals surface area contributed by atoms with Crippen molar-refractivity contribution in [3.05, 3.63) is 17.7 Å². The third-order valence-corrected chi connectivity index (χ3v) is 5.46. The Morgan fingerprint density at radius 3 is 2.46 bits per heavy atom. The van der Waals surface area contributed by atoms with E-state index >= 15 is 0 Å². The number of ether oxygens (including phenoxy) is 1. The molecule has 0 spiro atoms. The quantitative estimate of drug-likeness (QED) is 0.745. The van der Waals surface area contributed by atoms with Gasteiger partial charge in [0, 0.05) is 19.2 Å². The van der Waals surface area contributed by atoms with Crippen LogP contribution in [0.15, 0.2) is 12.1 Å². The Bertz CT molecular complexity index is 584. The van der Waals surface area contributed by atoms with E-state index in [9.17, 15) is 4.79 Å². The Balaban J connectivity index is 1.68. The number of amides is 1. The fourth-order valence-electron chi connectivity index (χ4n) is 3.56. The molecule has 2 aliphatic rings. The van der Waals surface area contributed by atoms with Crippen LogP contribution in [0.2, 0.25) is 0 Å². The minimum Gasteiger partial charge on any atom is -0.381 e. The summed E-state index contributed by atoms with van der Waals surface area (Å²) < 4.78 is 5.42. The van der Waals surface area contributed by atoms with Crippen molar-refractivity contribution in [2.75, 3.05) is 17.7 Å². The monoisotopic (exact) mass is 332 g/mol. The number of carbonyl (C=O) groups is 1. The Labute approximate surface area is 143 Å². The molecule has 0 bridgehead atoms. The van der Waals surface area contributed by atoms with Crippen molar-refractivity contribution in [1.29, 1.82) is 0 Å². The predicted molar refractivity (Wildman–Crippen MR) is 95.2 cm³/mol. The van der Waals surface area contributed by atoms with Gasteiger partial charge in [-0.2, -0.15) is 0 Å². The van der Waals surface area contributed by atoms with Gasteiger partial charge in [0.2, 0.25) is 0 Å². The van der Waals surface area contributed by atoms with Crippen LogP contribution in [0.25, 0.3) is 0 Å². The molecule has 2 fully saturated rings. The average Bonchev–Trinajstić information content (AvgIpc) is 2.59. The lowest BCUT2D eigenvalue weighted by molar-refractivity contribution is 0.0681. The molecular formula is C18H28N4O2. The first-order valence-electron chi connectivity index (χ1n) is 8.93. The number of nitrogens with two attached hydrogens (primary N) is 1. The lowest BCUT2D eigenvalue weighted by Gasteiger charge is -2.35. The summed E-state index contributed by atoms with van der Waals surface area (Å²) in [4.78, 5) is 16.3. The maximum absolute atomic E-state index is 11.7. The minimum atomic E-state index is -0.441. The lowest BCUT2D eigenvalue weighted by atomic mass is 9.81. The Morgan fingerprint density at radius 2 is 1.92 bits per heavy atom. The minimum absolute atomic E-state index is 0.378. The zero-order valence-electron chi connectivity index (χ0n) is 14.5. The number of anilines is 2. The first-order chi connectivity index (χ1) is 11.6. The van der Waals surface area contributed by atoms with Gasteiger partial charge in [0.15, 0.2) is 0 Å². The maximum atomic E-state index is 11.7. The molecule has 1 heterocycles. The molecule has 0 aromatic carbocycles. The predicted octanol–water partition coefficient (Wildman–Crippen LogP) is 2.76. The van der Waals surface area contributed by atoms with Crippen LogP contribution in [0.1, 0.15) is 55.8 Å². The summed E-state index contributed by atoms with van der Waals surface area (Å²) in [6.07, 6.45) is 6.98. The van der Waals surface area contributed by atoms with E-state index in [1.165, 1.54) is 6.42 Å². The molecule has 1 aromatic heterocycles. The number of primary amides is 1. The molecule has 0 aliphatic heterocycles. The van der Waals surface area contributed by atoms with Gasteiger partial charge in [0.1, 0.15) is 11.6 Å². The Hall–Kier alpha value is -1.82. The van der Waals surface area contributed by atoms with Crippen LogP contribution in [-0.2, 0) is 4.74 Å². The van der Waals surface area contributed by atoms with Gasteiger partial charge in [-0.3, -0.25) is 4.79 Å². The van der Waals surface area contributed by atoms with Gasteiger partial charge in [-0.25, -0.2) is 4.98 Å². The van der Waals surface area contributed by atoms with Crippen LogP contribution < -0.4 is 16.4 Å². The van der Waals surface area contributed by atoms with Gasteiger partial charge >= 0.3 is 0 Å². The third kappa shape index (κ3) is 3.80. The topological polar surface area (TPSA) is 89.3 Å². The molecular weight excluding hydrogens is 304 g/mol. The SMILES string of the molecule is COC1CCC(Nc2ccc(C(N)=O)c(NC3CCC3C)n2)CC1. The summed E-state index contributed by atoms with van der Waals surface area (Å²) in [7, 11) is 1.78. The molecule has 132 valence electrons. The van der Waals surface area contributed by atoms with E-state index in [-0.39, 0.29) is 0 Å². The highest BCUT2D eigenvalue weighted by Gasteiger charge is 2.28. The fourth-order valence-corrected chi connectivity index (χ4v) is 3.56. The van der Waals surface area contributed by atoms with Crippen molar-refractivity contribution in [1.82, 2.24) is 4.98 Å². The van der Waals surface area contributed by atoms with E-state index in [1.54, 1.807) is 13.2 Å². The highest BCUT2D eigenvalue weighted by atomic mass is 16.5. The van der Waals surface area contributed by atoms with Crippen molar-refractivity contribution in [2.24, 2.45) is 11.7 Å². The lowest BCUT2D eigenvalue weighted by Crippen LogP contribution is -2.37. The first kappa shape index (κ1) is 17.0. The smallest absolute Gasteiger partial charge is 0.252 e. The van der Waals surface area contributed by atoms with Crippen molar-refractivity contribution in [3.63, 3.8) is 0 Å². The van der Waals surface area contributed by atoms with E-state index in [0.717, 1.165) is 37.9 Å². The van der Waals surface area contributed by atoms with E-state index in [4.69, 9.17) is 10.5 Å². The van der Waals surface area contributed by atoms with Crippen molar-refractivity contribution in [2.45, 2.75) is 63.6 Å². The Morgan fingerprint density at radius 1 is 1.17 bits per heavy atom. The molecule has 2 unspecified atom stereocenters. The van der Waals surface area contributed by atoms with Crippen LogP contribution in [0.3, 0.4) is 0 Å². The average molecular weight is 332 g/mol. The number of methoxy groups -OCH3 is 1. The number of carbonyl (C=O) groups excluding carboxylic acids is 1. The molecule has 4 N–H and O–H groups in total. The number of pyridine rings is 1. The van der Waals surface area contributed by atoms with Crippen LogP contribution in [0, 0.1) is 5.92 Å². The highest BCUT2D eigenvalue weighted by Crippen LogP contribution is 2.31. The van der Waals surface area contributed by atoms with E-state index in [0.29, 0.717) is 35.5 Å². The second-order valence-corrected chi connectivity index (χ2v) is 7.12. The molecule has 0 saturated heterocycles. The number of hydrogen-bond acceptors (Lipinski definition) is 5. The summed E-state index contributed by atoms with van der Waals surface area (Å²) in [6, 6.07) is 4.39. The van der Waals surface area contributed by atoms with Gasteiger partial charge in [0.05, 0.1) is 11.7 Å². The molecule has 6 nitrogen and oxygen atoms in total. The molecule has 1 aromatic rings. The third-order valence-electron chi connectivity index (χ3n) is 5.46. The zero-order valence-corrected chi connectivity index (χ0v) is 14.5. The van der Waals surface area contributed by atoms with E-state index in [1.807, 2.05) is 6.07 Å². The number of nitrogens with zero attached hydrogens (tertiary/aromatic N) is 1. The standard InChI is InChI=1S/C18H28N4O2/c1-11-3-9-15(11)21-18-14(17(19)23)8-10-16(22-18)20-12-4-6-13(24-2)7-5-12/h8,10-13,15H,3-7,9H2,1-2H3,(H2,19,23)(H2,20,21,22). The molecule has 2 aliphatic carbocycles. The van der Waals surface area contributed by atoms with Crippen LogP contribution in [0.5, 0.6) is 0 Å². The largest absolute Gasteiger partial charge is 0.381 e. The van der Waals surface area contributed by atoms with Crippen molar-refractivity contribution < 1.29 is 9.53 Å². The summed E-state index contributed by atoms with van der Waals surface area (Å²) in [5.41, 5.74) is 5.96. The number of rotatable bonds is 6. The summed E-state index contributed by atoms with van der Waals surface area (Å²) in [6.45, 7) is 2.21. The van der Waals surface area contributed by atoms with E-state index in [2.05, 4.69) is 22.5 Å². The molecule has 3 rings (SSSR count). The number of aromatic nitrogens is 1. The summed E-state index contributed by atoms with van der Waals surface area (Å²) in [5.74, 6) is 1.57. The van der Waals surface area contributed by atoms with Gasteiger partial charge in [0.25, 0.3) is 5.91 Å². The first-order valence-corrected chi connectivity index (χ1v) is 8.93. The van der Waals surface area contributed by atoms with Gasteiger partial charge in [-0.05, 0) is 56.6 Å². The highest BCUT2D eigenvalue weighted by molar-refractivity contribution is 5.97. The number of nitrogens with one attached hydrogen (secondary N) is 2. The second-order valence-electron chi connectivity index (χ2n) is 7.12. The molecule has 24 heavy (non-hydrogen) atoms. The van der Waals surface area contributed by atoms with Gasteiger partial charge in [-0.1, -0.05) is 6.92 Å².